The van der Waals surface area contributed by atoms with Gasteiger partial charge in [-0.1, -0.05) is 42.4 Å². The Bertz CT molecular complexity index is 498. The third kappa shape index (κ3) is 4.48. The van der Waals surface area contributed by atoms with Crippen molar-refractivity contribution in [3.8, 4) is 0 Å². The highest BCUT2D eigenvalue weighted by Gasteiger charge is 2.29. The molecule has 114 valence electrons. The van der Waals surface area contributed by atoms with Crippen LogP contribution in [0.5, 0.6) is 0 Å². The molecule has 5 heteroatoms. The van der Waals surface area contributed by atoms with E-state index in [4.69, 9.17) is 10.9 Å². The number of carbonyl (C=O) groups excluding carboxylic acids is 1. The predicted octanol–water partition coefficient (Wildman–Crippen LogP) is 1.75. The second-order valence-electron chi connectivity index (χ2n) is 5.83. The topological polar surface area (TPSA) is 87.7 Å². The number of amidine groups is 1. The first-order chi connectivity index (χ1) is 10.1. The number of hydrogen-bond acceptors (Lipinski definition) is 3. The fourth-order valence-electron chi connectivity index (χ4n) is 2.47. The SMILES string of the molecule is CC(CNC(=O)C(Cc1ccccc1)/C(N)=N/O)C1CC1. The molecule has 0 bridgehead atoms. The Balaban J connectivity index is 1.96. The summed E-state index contributed by atoms with van der Waals surface area (Å²) >= 11 is 0. The molecule has 0 spiro atoms. The van der Waals surface area contributed by atoms with Gasteiger partial charge in [-0.05, 0) is 36.7 Å². The number of amides is 1. The number of hydrogen-bond donors (Lipinski definition) is 3. The van der Waals surface area contributed by atoms with E-state index in [0.717, 1.165) is 11.5 Å². The van der Waals surface area contributed by atoms with Gasteiger partial charge in [-0.25, -0.2) is 0 Å². The second kappa shape index (κ2) is 7.11. The van der Waals surface area contributed by atoms with Crippen LogP contribution in [0.25, 0.3) is 0 Å². The van der Waals surface area contributed by atoms with Crippen LogP contribution in [-0.2, 0) is 11.2 Å². The van der Waals surface area contributed by atoms with Crippen molar-refractivity contribution < 1.29 is 10.0 Å². The molecule has 1 aromatic carbocycles. The van der Waals surface area contributed by atoms with Crippen molar-refractivity contribution in [2.24, 2.45) is 28.6 Å². The molecule has 0 saturated heterocycles. The normalized spacial score (nSPS) is 18.0. The van der Waals surface area contributed by atoms with Crippen LogP contribution in [0.2, 0.25) is 0 Å². The number of nitrogens with one attached hydrogen (secondary N) is 1. The van der Waals surface area contributed by atoms with E-state index in [9.17, 15) is 4.79 Å². The first-order valence-corrected chi connectivity index (χ1v) is 7.41. The zero-order chi connectivity index (χ0) is 15.2. The van der Waals surface area contributed by atoms with Crippen molar-refractivity contribution in [2.45, 2.75) is 26.2 Å². The minimum Gasteiger partial charge on any atom is -0.409 e. The van der Waals surface area contributed by atoms with Crippen molar-refractivity contribution >= 4 is 11.7 Å². The molecule has 0 radical (unpaired) electrons. The fraction of sp³-hybridized carbons (Fsp3) is 0.500. The van der Waals surface area contributed by atoms with Crippen LogP contribution in [0, 0.1) is 17.8 Å². The Kier molecular flexibility index (Phi) is 5.20. The van der Waals surface area contributed by atoms with E-state index in [0.29, 0.717) is 18.9 Å². The Morgan fingerprint density at radius 2 is 2.10 bits per heavy atom. The summed E-state index contributed by atoms with van der Waals surface area (Å²) in [5, 5.41) is 14.8. The van der Waals surface area contributed by atoms with E-state index in [2.05, 4.69) is 17.4 Å². The fourth-order valence-corrected chi connectivity index (χ4v) is 2.47. The summed E-state index contributed by atoms with van der Waals surface area (Å²) in [6, 6.07) is 9.59. The predicted molar refractivity (Wildman–Crippen MR) is 81.9 cm³/mol. The van der Waals surface area contributed by atoms with Gasteiger partial charge in [-0.2, -0.15) is 0 Å². The highest BCUT2D eigenvalue weighted by molar-refractivity contribution is 6.02. The van der Waals surface area contributed by atoms with Gasteiger partial charge in [0.2, 0.25) is 5.91 Å². The molecule has 1 amide bonds. The summed E-state index contributed by atoms with van der Waals surface area (Å²) in [5.74, 6) is 0.362. The van der Waals surface area contributed by atoms with E-state index >= 15 is 0 Å². The lowest BCUT2D eigenvalue weighted by molar-refractivity contribution is -0.123. The molecule has 0 aromatic heterocycles. The zero-order valence-corrected chi connectivity index (χ0v) is 12.3. The third-order valence-corrected chi connectivity index (χ3v) is 4.10. The molecule has 4 N–H and O–H groups in total. The van der Waals surface area contributed by atoms with E-state index in [-0.39, 0.29) is 11.7 Å². The van der Waals surface area contributed by atoms with E-state index in [1.807, 2.05) is 30.3 Å². The molecule has 2 unspecified atom stereocenters. The van der Waals surface area contributed by atoms with Crippen LogP contribution in [0.1, 0.15) is 25.3 Å². The molecule has 2 rings (SSSR count). The van der Waals surface area contributed by atoms with Crippen LogP contribution in [0.4, 0.5) is 0 Å². The van der Waals surface area contributed by atoms with E-state index in [1.54, 1.807) is 0 Å². The first-order valence-electron chi connectivity index (χ1n) is 7.41. The van der Waals surface area contributed by atoms with Crippen LogP contribution in [-0.4, -0.2) is 23.5 Å². The largest absolute Gasteiger partial charge is 0.409 e. The average Bonchev–Trinajstić information content (AvgIpc) is 3.35. The van der Waals surface area contributed by atoms with Gasteiger partial charge in [0.25, 0.3) is 0 Å². The Labute approximate surface area is 125 Å². The van der Waals surface area contributed by atoms with Crippen molar-refractivity contribution in [1.82, 2.24) is 5.32 Å². The van der Waals surface area contributed by atoms with Crippen LogP contribution in [0.15, 0.2) is 35.5 Å². The number of nitrogens with zero attached hydrogens (tertiary/aromatic N) is 1. The van der Waals surface area contributed by atoms with Gasteiger partial charge in [-0.15, -0.1) is 0 Å². The summed E-state index contributed by atoms with van der Waals surface area (Å²) in [5.41, 5.74) is 6.67. The Hall–Kier alpha value is -2.04. The number of nitrogens with two attached hydrogens (primary N) is 1. The molecule has 5 nitrogen and oxygen atoms in total. The lowest BCUT2D eigenvalue weighted by atomic mass is 9.97. The minimum atomic E-state index is -0.635. The second-order valence-corrected chi connectivity index (χ2v) is 5.83. The summed E-state index contributed by atoms with van der Waals surface area (Å²) in [6.45, 7) is 2.79. The molecular formula is C16H23N3O2. The smallest absolute Gasteiger partial charge is 0.231 e. The molecule has 1 aliphatic carbocycles. The Morgan fingerprint density at radius 3 is 2.67 bits per heavy atom. The first kappa shape index (κ1) is 15.4. The summed E-state index contributed by atoms with van der Waals surface area (Å²) in [4.78, 5) is 12.3. The lowest BCUT2D eigenvalue weighted by Crippen LogP contribution is -2.41. The monoisotopic (exact) mass is 289 g/mol. The van der Waals surface area contributed by atoms with Gasteiger partial charge in [0, 0.05) is 6.54 Å². The molecule has 0 aliphatic heterocycles. The molecule has 2 atom stereocenters. The molecular weight excluding hydrogens is 266 g/mol. The molecule has 0 heterocycles. The van der Waals surface area contributed by atoms with Gasteiger partial charge in [0.05, 0.1) is 0 Å². The Morgan fingerprint density at radius 1 is 1.43 bits per heavy atom. The maximum absolute atomic E-state index is 12.3. The molecule has 21 heavy (non-hydrogen) atoms. The minimum absolute atomic E-state index is 0.0459. The summed E-state index contributed by atoms with van der Waals surface area (Å²) in [6.07, 6.45) is 2.94. The van der Waals surface area contributed by atoms with Crippen molar-refractivity contribution in [3.05, 3.63) is 35.9 Å². The lowest BCUT2D eigenvalue weighted by Gasteiger charge is -2.17. The van der Waals surface area contributed by atoms with Crippen LogP contribution in [0.3, 0.4) is 0 Å². The zero-order valence-electron chi connectivity index (χ0n) is 12.3. The highest BCUT2D eigenvalue weighted by Crippen LogP contribution is 2.36. The van der Waals surface area contributed by atoms with Gasteiger partial charge in [-0.3, -0.25) is 4.79 Å². The van der Waals surface area contributed by atoms with Crippen molar-refractivity contribution in [1.29, 1.82) is 0 Å². The van der Waals surface area contributed by atoms with Gasteiger partial charge in [0.1, 0.15) is 5.92 Å². The van der Waals surface area contributed by atoms with Crippen molar-refractivity contribution in [2.75, 3.05) is 6.54 Å². The van der Waals surface area contributed by atoms with E-state index in [1.165, 1.54) is 12.8 Å². The van der Waals surface area contributed by atoms with Gasteiger partial charge in [0.15, 0.2) is 5.84 Å². The third-order valence-electron chi connectivity index (χ3n) is 4.10. The summed E-state index contributed by atoms with van der Waals surface area (Å²) in [7, 11) is 0. The van der Waals surface area contributed by atoms with Crippen LogP contribution >= 0.6 is 0 Å². The highest BCUT2D eigenvalue weighted by atomic mass is 16.4. The standard InChI is InChI=1S/C16H23N3O2/c1-11(13-7-8-13)10-18-16(20)14(15(17)19-21)9-12-5-3-2-4-6-12/h2-6,11,13-14,21H,7-10H2,1H3,(H2,17,19)(H,18,20). The van der Waals surface area contributed by atoms with Crippen LogP contribution < -0.4 is 11.1 Å². The number of oxime groups is 1. The maximum Gasteiger partial charge on any atom is 0.231 e. The van der Waals surface area contributed by atoms with Gasteiger partial charge >= 0.3 is 0 Å². The number of benzene rings is 1. The van der Waals surface area contributed by atoms with Crippen molar-refractivity contribution in [3.63, 3.8) is 0 Å². The maximum atomic E-state index is 12.3. The van der Waals surface area contributed by atoms with E-state index < -0.39 is 5.92 Å². The molecule has 1 saturated carbocycles. The number of rotatable bonds is 7. The quantitative estimate of drug-likeness (QED) is 0.309. The molecule has 1 aliphatic rings. The molecule has 1 aromatic rings. The number of carbonyl (C=O) groups is 1. The van der Waals surface area contributed by atoms with Gasteiger partial charge < -0.3 is 16.3 Å². The summed E-state index contributed by atoms with van der Waals surface area (Å²) < 4.78 is 0. The molecule has 1 fully saturated rings. The average molecular weight is 289 g/mol.